The summed E-state index contributed by atoms with van der Waals surface area (Å²) in [6, 6.07) is 23.1. The van der Waals surface area contributed by atoms with Crippen LogP contribution in [0.1, 0.15) is 40.3 Å². The van der Waals surface area contributed by atoms with Gasteiger partial charge in [-0.2, -0.15) is 0 Å². The smallest absolute Gasteiger partial charge is 0.255 e. The average molecular weight is 515 g/mol. The molecule has 1 aliphatic heterocycles. The summed E-state index contributed by atoms with van der Waals surface area (Å²) in [7, 11) is 0. The van der Waals surface area contributed by atoms with Crippen molar-refractivity contribution < 1.29 is 23.1 Å². The van der Waals surface area contributed by atoms with Crippen molar-refractivity contribution in [1.29, 1.82) is 0 Å². The lowest BCUT2D eigenvalue weighted by Gasteiger charge is -2.29. The Kier molecular flexibility index (Phi) is 7.84. The van der Waals surface area contributed by atoms with Gasteiger partial charge in [0.25, 0.3) is 5.91 Å². The molecule has 7 heteroatoms. The number of carbonyl (C=O) groups is 2. The Morgan fingerprint density at radius 1 is 0.921 bits per heavy atom. The van der Waals surface area contributed by atoms with E-state index in [0.717, 1.165) is 34.9 Å². The molecule has 1 fully saturated rings. The standard InChI is InChI=1S/C31H31FN2O4/c1-22-11-16-27(38-22)20-33(18-23-12-14-25(32)15-13-23)30(35)21-34(19-26-8-5-17-37-26)31(36)29-10-4-7-24-6-2-3-9-28(24)29/h2-4,6-7,9-16,26H,5,8,17-21H2,1H3/t26-/m1/s1. The number of ether oxygens (including phenoxy) is 1. The molecular formula is C31H31FN2O4. The van der Waals surface area contributed by atoms with E-state index in [4.69, 9.17) is 9.15 Å². The van der Waals surface area contributed by atoms with E-state index in [0.29, 0.717) is 24.5 Å². The van der Waals surface area contributed by atoms with Crippen molar-refractivity contribution in [2.45, 2.75) is 39.0 Å². The molecule has 0 radical (unpaired) electrons. The summed E-state index contributed by atoms with van der Waals surface area (Å²) < 4.78 is 25.1. The molecule has 1 aliphatic rings. The number of hydrogen-bond acceptors (Lipinski definition) is 4. The molecule has 0 bridgehead atoms. The average Bonchev–Trinajstić information content (AvgIpc) is 3.60. The fourth-order valence-corrected chi connectivity index (χ4v) is 4.90. The minimum atomic E-state index is -0.336. The van der Waals surface area contributed by atoms with Crippen LogP contribution in [0.2, 0.25) is 0 Å². The Hall–Kier alpha value is -3.97. The number of nitrogens with zero attached hydrogens (tertiary/aromatic N) is 2. The Bertz CT molecular complexity index is 1400. The minimum absolute atomic E-state index is 0.108. The fourth-order valence-electron chi connectivity index (χ4n) is 4.90. The number of fused-ring (bicyclic) bond motifs is 1. The number of benzene rings is 3. The summed E-state index contributed by atoms with van der Waals surface area (Å²) in [5, 5.41) is 1.81. The molecule has 6 nitrogen and oxygen atoms in total. The van der Waals surface area contributed by atoms with E-state index >= 15 is 0 Å². The number of aryl methyl sites for hydroxylation is 1. The quantitative estimate of drug-likeness (QED) is 0.286. The van der Waals surface area contributed by atoms with Crippen LogP contribution >= 0.6 is 0 Å². The highest BCUT2D eigenvalue weighted by Crippen LogP contribution is 2.22. The highest BCUT2D eigenvalue weighted by Gasteiger charge is 2.28. The van der Waals surface area contributed by atoms with Crippen LogP contribution in [0.15, 0.2) is 83.3 Å². The number of carbonyl (C=O) groups excluding carboxylic acids is 2. The van der Waals surface area contributed by atoms with Crippen molar-refractivity contribution in [1.82, 2.24) is 9.80 Å². The zero-order chi connectivity index (χ0) is 26.5. The zero-order valence-electron chi connectivity index (χ0n) is 21.4. The summed E-state index contributed by atoms with van der Waals surface area (Å²) in [5.41, 5.74) is 1.34. The van der Waals surface area contributed by atoms with Crippen LogP contribution in [0.25, 0.3) is 10.8 Å². The van der Waals surface area contributed by atoms with Gasteiger partial charge < -0.3 is 19.0 Å². The lowest BCUT2D eigenvalue weighted by molar-refractivity contribution is -0.133. The molecule has 38 heavy (non-hydrogen) atoms. The van der Waals surface area contributed by atoms with Gasteiger partial charge in [0.2, 0.25) is 5.91 Å². The van der Waals surface area contributed by atoms with Crippen LogP contribution < -0.4 is 0 Å². The van der Waals surface area contributed by atoms with Crippen molar-refractivity contribution in [2.24, 2.45) is 0 Å². The molecule has 2 heterocycles. The van der Waals surface area contributed by atoms with E-state index < -0.39 is 0 Å². The maximum Gasteiger partial charge on any atom is 0.255 e. The second kappa shape index (κ2) is 11.6. The molecule has 0 saturated carbocycles. The number of hydrogen-bond donors (Lipinski definition) is 0. The normalized spacial score (nSPS) is 15.1. The van der Waals surface area contributed by atoms with Gasteiger partial charge in [-0.05, 0) is 66.4 Å². The summed E-state index contributed by atoms with van der Waals surface area (Å²) >= 11 is 0. The highest BCUT2D eigenvalue weighted by atomic mass is 19.1. The van der Waals surface area contributed by atoms with Gasteiger partial charge in [0.05, 0.1) is 12.6 Å². The number of furan rings is 1. The monoisotopic (exact) mass is 514 g/mol. The van der Waals surface area contributed by atoms with Gasteiger partial charge in [0.15, 0.2) is 0 Å². The Labute approximate surface area is 221 Å². The van der Waals surface area contributed by atoms with Crippen molar-refractivity contribution >= 4 is 22.6 Å². The van der Waals surface area contributed by atoms with E-state index in [2.05, 4.69) is 0 Å². The molecule has 1 aromatic heterocycles. The molecule has 3 aromatic carbocycles. The van der Waals surface area contributed by atoms with Crippen LogP contribution in [-0.2, 0) is 22.6 Å². The zero-order valence-corrected chi connectivity index (χ0v) is 21.4. The lowest BCUT2D eigenvalue weighted by Crippen LogP contribution is -2.45. The molecule has 1 atom stereocenters. The Balaban J connectivity index is 1.42. The van der Waals surface area contributed by atoms with Crippen LogP contribution in [0.3, 0.4) is 0 Å². The Morgan fingerprint density at radius 3 is 2.45 bits per heavy atom. The van der Waals surface area contributed by atoms with Gasteiger partial charge >= 0.3 is 0 Å². The first-order chi connectivity index (χ1) is 18.5. The molecular weight excluding hydrogens is 483 g/mol. The van der Waals surface area contributed by atoms with E-state index in [1.807, 2.05) is 55.5 Å². The van der Waals surface area contributed by atoms with Gasteiger partial charge in [0.1, 0.15) is 23.9 Å². The maximum atomic E-state index is 13.9. The molecule has 0 aliphatic carbocycles. The third kappa shape index (κ3) is 6.11. The first-order valence-corrected chi connectivity index (χ1v) is 12.9. The van der Waals surface area contributed by atoms with Crippen molar-refractivity contribution in [3.8, 4) is 0 Å². The second-order valence-corrected chi connectivity index (χ2v) is 9.74. The summed E-state index contributed by atoms with van der Waals surface area (Å²) in [6.45, 7) is 3.22. The molecule has 0 N–H and O–H groups in total. The third-order valence-corrected chi connectivity index (χ3v) is 6.86. The fraction of sp³-hybridized carbons (Fsp3) is 0.290. The van der Waals surface area contributed by atoms with Gasteiger partial charge in [-0.25, -0.2) is 4.39 Å². The first kappa shape index (κ1) is 25.7. The largest absolute Gasteiger partial charge is 0.464 e. The molecule has 196 valence electrons. The molecule has 5 rings (SSSR count). The van der Waals surface area contributed by atoms with Gasteiger partial charge in [-0.1, -0.05) is 48.5 Å². The summed E-state index contributed by atoms with van der Waals surface area (Å²) in [5.74, 6) is 0.622. The van der Waals surface area contributed by atoms with Crippen molar-refractivity contribution in [2.75, 3.05) is 19.7 Å². The number of halogens is 1. The topological polar surface area (TPSA) is 63.0 Å². The molecule has 2 amide bonds. The predicted octanol–water partition coefficient (Wildman–Crippen LogP) is 5.73. The van der Waals surface area contributed by atoms with E-state index in [1.165, 1.54) is 12.1 Å². The van der Waals surface area contributed by atoms with E-state index in [1.54, 1.807) is 28.0 Å². The molecule has 4 aromatic rings. The highest BCUT2D eigenvalue weighted by molar-refractivity contribution is 6.07. The number of amides is 2. The predicted molar refractivity (Wildman–Crippen MR) is 143 cm³/mol. The van der Waals surface area contributed by atoms with Crippen LogP contribution in [0.4, 0.5) is 4.39 Å². The number of rotatable bonds is 9. The SMILES string of the molecule is Cc1ccc(CN(Cc2ccc(F)cc2)C(=O)CN(C[C@H]2CCCO2)C(=O)c2cccc3ccccc23)o1. The second-order valence-electron chi connectivity index (χ2n) is 9.74. The van der Waals surface area contributed by atoms with E-state index in [-0.39, 0.29) is 43.4 Å². The van der Waals surface area contributed by atoms with Crippen LogP contribution in [-0.4, -0.2) is 47.4 Å². The summed E-state index contributed by atoms with van der Waals surface area (Å²) in [6.07, 6.45) is 1.67. The van der Waals surface area contributed by atoms with Gasteiger partial charge in [-0.3, -0.25) is 9.59 Å². The first-order valence-electron chi connectivity index (χ1n) is 12.9. The third-order valence-electron chi connectivity index (χ3n) is 6.86. The lowest BCUT2D eigenvalue weighted by atomic mass is 10.0. The summed E-state index contributed by atoms with van der Waals surface area (Å²) in [4.78, 5) is 30.9. The van der Waals surface area contributed by atoms with Crippen LogP contribution in [0, 0.1) is 12.7 Å². The van der Waals surface area contributed by atoms with Crippen LogP contribution in [0.5, 0.6) is 0 Å². The molecule has 0 spiro atoms. The van der Waals surface area contributed by atoms with Gasteiger partial charge in [0, 0.05) is 25.3 Å². The minimum Gasteiger partial charge on any atom is -0.464 e. The molecule has 0 unspecified atom stereocenters. The molecule has 1 saturated heterocycles. The van der Waals surface area contributed by atoms with Crippen molar-refractivity contribution in [3.63, 3.8) is 0 Å². The maximum absolute atomic E-state index is 13.9. The van der Waals surface area contributed by atoms with Gasteiger partial charge in [-0.15, -0.1) is 0 Å². The Morgan fingerprint density at radius 2 is 1.71 bits per heavy atom. The van der Waals surface area contributed by atoms with Crippen molar-refractivity contribution in [3.05, 3.63) is 107 Å². The van der Waals surface area contributed by atoms with E-state index in [9.17, 15) is 14.0 Å².